The number of hydrogen-bond donors (Lipinski definition) is 1. The maximum atomic E-state index is 13.3. The Morgan fingerprint density at radius 2 is 2.15 bits per heavy atom. The number of piperidine rings is 1. The second kappa shape index (κ2) is 6.36. The Morgan fingerprint density at radius 1 is 1.40 bits per heavy atom. The van der Waals surface area contributed by atoms with E-state index in [1.165, 1.54) is 12.1 Å². The van der Waals surface area contributed by atoms with E-state index in [2.05, 4.69) is 0 Å². The lowest BCUT2D eigenvalue weighted by Gasteiger charge is -2.31. The molecule has 0 radical (unpaired) electrons. The minimum atomic E-state index is -0.506. The van der Waals surface area contributed by atoms with Gasteiger partial charge in [-0.1, -0.05) is 12.1 Å². The van der Waals surface area contributed by atoms with Crippen molar-refractivity contribution in [3.63, 3.8) is 0 Å². The first-order chi connectivity index (χ1) is 9.58. The number of carbonyl (C=O) groups excluding carboxylic acids is 2. The molecule has 1 saturated heterocycles. The first kappa shape index (κ1) is 14.3. The zero-order valence-corrected chi connectivity index (χ0v) is 11.0. The Bertz CT molecular complexity index is 507. The number of halogens is 1. The number of para-hydroxylation sites is 1. The van der Waals surface area contributed by atoms with Crippen molar-refractivity contribution in [2.24, 2.45) is 11.7 Å². The first-order valence-corrected chi connectivity index (χ1v) is 6.52. The van der Waals surface area contributed by atoms with Gasteiger partial charge in [-0.3, -0.25) is 9.59 Å². The molecule has 2 amide bonds. The molecule has 2 rings (SSSR count). The zero-order chi connectivity index (χ0) is 14.5. The van der Waals surface area contributed by atoms with Crippen LogP contribution in [0.15, 0.2) is 24.3 Å². The van der Waals surface area contributed by atoms with Gasteiger partial charge in [0, 0.05) is 13.1 Å². The summed E-state index contributed by atoms with van der Waals surface area (Å²) in [6.07, 6.45) is 1.44. The van der Waals surface area contributed by atoms with E-state index in [0.29, 0.717) is 19.5 Å². The molecule has 1 aromatic rings. The van der Waals surface area contributed by atoms with E-state index in [0.717, 1.165) is 6.42 Å². The molecule has 0 bridgehead atoms. The Balaban J connectivity index is 1.89. The molecule has 5 nitrogen and oxygen atoms in total. The number of rotatable bonds is 4. The third kappa shape index (κ3) is 3.46. The Morgan fingerprint density at radius 3 is 2.85 bits per heavy atom. The molecule has 20 heavy (non-hydrogen) atoms. The van der Waals surface area contributed by atoms with Gasteiger partial charge in [0.1, 0.15) is 0 Å². The van der Waals surface area contributed by atoms with Gasteiger partial charge in [-0.2, -0.15) is 0 Å². The number of benzene rings is 1. The van der Waals surface area contributed by atoms with Crippen molar-refractivity contribution in [3.05, 3.63) is 30.1 Å². The van der Waals surface area contributed by atoms with Crippen LogP contribution in [-0.2, 0) is 9.59 Å². The number of nitrogens with zero attached hydrogens (tertiary/aromatic N) is 1. The number of amides is 2. The molecule has 1 aromatic carbocycles. The predicted molar refractivity (Wildman–Crippen MR) is 70.4 cm³/mol. The van der Waals surface area contributed by atoms with Gasteiger partial charge in [0.05, 0.1) is 5.92 Å². The van der Waals surface area contributed by atoms with Gasteiger partial charge >= 0.3 is 0 Å². The number of primary amides is 1. The summed E-state index contributed by atoms with van der Waals surface area (Å²) in [4.78, 5) is 24.7. The minimum absolute atomic E-state index is 0.0457. The SMILES string of the molecule is NC(=O)[C@H]1CCCN(C(=O)COc2ccccc2F)C1. The molecule has 1 atom stereocenters. The van der Waals surface area contributed by atoms with Crippen LogP contribution < -0.4 is 10.5 Å². The molecule has 0 aliphatic carbocycles. The van der Waals surface area contributed by atoms with Crippen LogP contribution in [0.1, 0.15) is 12.8 Å². The van der Waals surface area contributed by atoms with Crippen LogP contribution in [0.4, 0.5) is 4.39 Å². The second-order valence-electron chi connectivity index (χ2n) is 4.80. The molecular weight excluding hydrogens is 263 g/mol. The largest absolute Gasteiger partial charge is 0.481 e. The highest BCUT2D eigenvalue weighted by molar-refractivity contribution is 5.81. The van der Waals surface area contributed by atoms with E-state index >= 15 is 0 Å². The molecule has 108 valence electrons. The Hall–Kier alpha value is -2.11. The van der Waals surface area contributed by atoms with E-state index in [9.17, 15) is 14.0 Å². The third-order valence-corrected chi connectivity index (χ3v) is 3.36. The summed E-state index contributed by atoms with van der Waals surface area (Å²) in [5.74, 6) is -1.42. The van der Waals surface area contributed by atoms with Crippen molar-refractivity contribution in [3.8, 4) is 5.75 Å². The van der Waals surface area contributed by atoms with Gasteiger partial charge in [0.15, 0.2) is 18.2 Å². The lowest BCUT2D eigenvalue weighted by molar-refractivity contribution is -0.136. The molecule has 1 aliphatic rings. The predicted octanol–water partition coefficient (Wildman–Crippen LogP) is 0.928. The molecular formula is C14H17FN2O3. The molecule has 0 aromatic heterocycles. The Kier molecular flexibility index (Phi) is 4.55. The average molecular weight is 280 g/mol. The van der Waals surface area contributed by atoms with E-state index < -0.39 is 11.7 Å². The topological polar surface area (TPSA) is 72.6 Å². The van der Waals surface area contributed by atoms with Crippen molar-refractivity contribution in [1.82, 2.24) is 4.90 Å². The smallest absolute Gasteiger partial charge is 0.260 e. The van der Waals surface area contributed by atoms with Crippen molar-refractivity contribution in [2.45, 2.75) is 12.8 Å². The van der Waals surface area contributed by atoms with Gasteiger partial charge in [0.2, 0.25) is 5.91 Å². The number of likely N-dealkylation sites (tertiary alicyclic amines) is 1. The number of nitrogens with two attached hydrogens (primary N) is 1. The summed E-state index contributed by atoms with van der Waals surface area (Å²) in [7, 11) is 0. The fourth-order valence-electron chi connectivity index (χ4n) is 2.23. The summed E-state index contributed by atoms with van der Waals surface area (Å²) in [6, 6.07) is 5.91. The maximum absolute atomic E-state index is 13.3. The van der Waals surface area contributed by atoms with Gasteiger partial charge in [-0.05, 0) is 25.0 Å². The highest BCUT2D eigenvalue weighted by Gasteiger charge is 2.27. The molecule has 1 aliphatic heterocycles. The summed E-state index contributed by atoms with van der Waals surface area (Å²) in [5.41, 5.74) is 5.26. The third-order valence-electron chi connectivity index (χ3n) is 3.36. The standard InChI is InChI=1S/C14H17FN2O3/c15-11-5-1-2-6-12(11)20-9-13(18)17-7-3-4-10(8-17)14(16)19/h1-2,5-6,10H,3-4,7-9H2,(H2,16,19)/t10-/m0/s1. The molecule has 0 saturated carbocycles. The fourth-order valence-corrected chi connectivity index (χ4v) is 2.23. The molecule has 2 N–H and O–H groups in total. The number of ether oxygens (including phenoxy) is 1. The van der Waals surface area contributed by atoms with Crippen molar-refractivity contribution in [2.75, 3.05) is 19.7 Å². The van der Waals surface area contributed by atoms with Gasteiger partial charge < -0.3 is 15.4 Å². The maximum Gasteiger partial charge on any atom is 0.260 e. The van der Waals surface area contributed by atoms with Crippen LogP contribution in [0.5, 0.6) is 5.75 Å². The van der Waals surface area contributed by atoms with Crippen LogP contribution in [0, 0.1) is 11.7 Å². The van der Waals surface area contributed by atoms with Crippen LogP contribution in [0.3, 0.4) is 0 Å². The van der Waals surface area contributed by atoms with E-state index in [4.69, 9.17) is 10.5 Å². The second-order valence-corrected chi connectivity index (χ2v) is 4.80. The summed E-state index contributed by atoms with van der Waals surface area (Å²) in [5, 5.41) is 0. The van der Waals surface area contributed by atoms with E-state index in [1.807, 2.05) is 0 Å². The molecule has 1 heterocycles. The van der Waals surface area contributed by atoms with Gasteiger partial charge in [-0.15, -0.1) is 0 Å². The van der Waals surface area contributed by atoms with E-state index in [-0.39, 0.29) is 24.2 Å². The summed E-state index contributed by atoms with van der Waals surface area (Å²) in [6.45, 7) is 0.643. The monoisotopic (exact) mass is 280 g/mol. The van der Waals surface area contributed by atoms with Gasteiger partial charge in [-0.25, -0.2) is 4.39 Å². The lowest BCUT2D eigenvalue weighted by Crippen LogP contribution is -2.45. The Labute approximate surface area is 116 Å². The van der Waals surface area contributed by atoms with Gasteiger partial charge in [0.25, 0.3) is 5.91 Å². The summed E-state index contributed by atoms with van der Waals surface area (Å²) >= 11 is 0. The van der Waals surface area contributed by atoms with Crippen LogP contribution in [-0.4, -0.2) is 36.4 Å². The van der Waals surface area contributed by atoms with Crippen LogP contribution in [0.25, 0.3) is 0 Å². The highest BCUT2D eigenvalue weighted by atomic mass is 19.1. The molecule has 0 spiro atoms. The van der Waals surface area contributed by atoms with Crippen LogP contribution in [0.2, 0.25) is 0 Å². The van der Waals surface area contributed by atoms with Crippen molar-refractivity contribution < 1.29 is 18.7 Å². The normalized spacial score (nSPS) is 18.6. The number of carbonyl (C=O) groups is 2. The zero-order valence-electron chi connectivity index (χ0n) is 11.0. The van der Waals surface area contributed by atoms with E-state index in [1.54, 1.807) is 17.0 Å². The van der Waals surface area contributed by atoms with Crippen molar-refractivity contribution in [1.29, 1.82) is 0 Å². The van der Waals surface area contributed by atoms with Crippen molar-refractivity contribution >= 4 is 11.8 Å². The lowest BCUT2D eigenvalue weighted by atomic mass is 9.97. The highest BCUT2D eigenvalue weighted by Crippen LogP contribution is 2.18. The molecule has 0 unspecified atom stereocenters. The fraction of sp³-hybridized carbons (Fsp3) is 0.429. The minimum Gasteiger partial charge on any atom is -0.481 e. The summed E-state index contributed by atoms with van der Waals surface area (Å²) < 4.78 is 18.5. The number of hydrogen-bond acceptors (Lipinski definition) is 3. The first-order valence-electron chi connectivity index (χ1n) is 6.52. The van der Waals surface area contributed by atoms with Crippen LogP contribution >= 0.6 is 0 Å². The molecule has 6 heteroatoms. The quantitative estimate of drug-likeness (QED) is 0.891. The molecule has 1 fully saturated rings. The average Bonchev–Trinajstić information content (AvgIpc) is 2.46.